The maximum Gasteiger partial charge on any atom is 0.413 e. The molecule has 6 nitrogen and oxygen atoms in total. The number of amides is 1. The van der Waals surface area contributed by atoms with Gasteiger partial charge in [-0.05, 0) is 45.7 Å². The Bertz CT molecular complexity index is 530. The summed E-state index contributed by atoms with van der Waals surface area (Å²) < 4.78 is 16.5. The van der Waals surface area contributed by atoms with Gasteiger partial charge >= 0.3 is 6.09 Å². The van der Waals surface area contributed by atoms with Crippen molar-refractivity contribution in [2.75, 3.05) is 22.1 Å². The lowest BCUT2D eigenvalue weighted by molar-refractivity contribution is 0.0635. The molecule has 1 amide bonds. The Morgan fingerprint density at radius 1 is 1.32 bits per heavy atom. The van der Waals surface area contributed by atoms with Gasteiger partial charge in [0.25, 0.3) is 0 Å². The summed E-state index contributed by atoms with van der Waals surface area (Å²) in [5, 5.41) is 5.97. The highest BCUT2D eigenvalue weighted by molar-refractivity contribution is 7.85. The Morgan fingerprint density at radius 3 is 2.55 bits per heavy atom. The first-order valence-corrected chi connectivity index (χ1v) is 8.88. The number of anilines is 2. The lowest BCUT2D eigenvalue weighted by Crippen LogP contribution is -2.29. The fourth-order valence-corrected chi connectivity index (χ4v) is 3.43. The smallest absolute Gasteiger partial charge is 0.413 e. The molecule has 0 saturated carbocycles. The van der Waals surface area contributed by atoms with Gasteiger partial charge in [-0.25, -0.2) is 9.78 Å². The molecule has 0 aromatic carbocycles. The van der Waals surface area contributed by atoms with E-state index in [-0.39, 0.29) is 0 Å². The molecule has 0 aliphatic carbocycles. The first kappa shape index (κ1) is 16.7. The summed E-state index contributed by atoms with van der Waals surface area (Å²) in [7, 11) is -0.655. The van der Waals surface area contributed by atoms with Crippen molar-refractivity contribution in [3.8, 4) is 0 Å². The minimum absolute atomic E-state index is 0.337. The molecule has 0 radical (unpaired) electrons. The van der Waals surface area contributed by atoms with Gasteiger partial charge in [-0.15, -0.1) is 0 Å². The first-order chi connectivity index (χ1) is 10.3. The summed E-state index contributed by atoms with van der Waals surface area (Å²) in [5.41, 5.74) is 0.361. The maximum absolute atomic E-state index is 11.6. The van der Waals surface area contributed by atoms with Gasteiger partial charge in [0, 0.05) is 28.3 Å². The Kier molecular flexibility index (Phi) is 5.39. The molecule has 2 rings (SSSR count). The van der Waals surface area contributed by atoms with Crippen molar-refractivity contribution in [2.24, 2.45) is 0 Å². The van der Waals surface area contributed by atoms with Crippen molar-refractivity contribution < 1.29 is 13.7 Å². The van der Waals surface area contributed by atoms with E-state index >= 15 is 0 Å². The number of hydrogen-bond acceptors (Lipinski definition) is 5. The van der Waals surface area contributed by atoms with Crippen LogP contribution in [0.15, 0.2) is 18.3 Å². The second-order valence-corrected chi connectivity index (χ2v) is 8.02. The molecule has 0 atom stereocenters. The lowest BCUT2D eigenvalue weighted by atomic mass is 10.1. The summed E-state index contributed by atoms with van der Waals surface area (Å²) in [4.78, 5) is 15.8. The van der Waals surface area contributed by atoms with Crippen LogP contribution in [0.2, 0.25) is 0 Å². The van der Waals surface area contributed by atoms with Crippen LogP contribution < -0.4 is 10.6 Å². The number of carbonyl (C=O) groups excluding carboxylic acids is 1. The van der Waals surface area contributed by atoms with Crippen LogP contribution in [0.1, 0.15) is 33.6 Å². The minimum atomic E-state index is -0.655. The quantitative estimate of drug-likeness (QED) is 0.893. The molecule has 1 fully saturated rings. The molecule has 1 aliphatic heterocycles. The fourth-order valence-electron chi connectivity index (χ4n) is 2.14. The number of pyridine rings is 1. The monoisotopic (exact) mass is 325 g/mol. The first-order valence-electron chi connectivity index (χ1n) is 7.39. The van der Waals surface area contributed by atoms with Crippen LogP contribution in [0, 0.1) is 0 Å². The Morgan fingerprint density at radius 2 is 2.00 bits per heavy atom. The van der Waals surface area contributed by atoms with Gasteiger partial charge in [0.15, 0.2) is 0 Å². The normalized spacial score (nSPS) is 22.0. The molecule has 1 aromatic rings. The number of ether oxygens (including phenoxy) is 1. The van der Waals surface area contributed by atoms with Crippen molar-refractivity contribution in [2.45, 2.75) is 45.3 Å². The maximum atomic E-state index is 11.6. The summed E-state index contributed by atoms with van der Waals surface area (Å²) >= 11 is 0. The van der Waals surface area contributed by atoms with E-state index in [9.17, 15) is 9.00 Å². The average molecular weight is 325 g/mol. The molecule has 0 bridgehead atoms. The lowest BCUT2D eigenvalue weighted by Gasteiger charge is -2.23. The molecule has 22 heavy (non-hydrogen) atoms. The number of nitrogens with one attached hydrogen (secondary N) is 2. The predicted molar refractivity (Wildman–Crippen MR) is 88.6 cm³/mol. The molecule has 122 valence electrons. The number of hydrogen-bond donors (Lipinski definition) is 2. The van der Waals surface area contributed by atoms with Gasteiger partial charge < -0.3 is 10.1 Å². The third kappa shape index (κ3) is 5.63. The summed E-state index contributed by atoms with van der Waals surface area (Å²) in [6, 6.07) is 3.93. The van der Waals surface area contributed by atoms with Crippen molar-refractivity contribution in [1.82, 2.24) is 4.98 Å². The van der Waals surface area contributed by atoms with Crippen molar-refractivity contribution in [3.05, 3.63) is 18.3 Å². The molecule has 2 N–H and O–H groups in total. The largest absolute Gasteiger partial charge is 0.444 e. The van der Waals surface area contributed by atoms with Crippen LogP contribution in [0.25, 0.3) is 0 Å². The van der Waals surface area contributed by atoms with Gasteiger partial charge in [0.2, 0.25) is 0 Å². The third-order valence-electron chi connectivity index (χ3n) is 3.15. The van der Waals surface area contributed by atoms with Crippen LogP contribution in [-0.2, 0) is 15.5 Å². The summed E-state index contributed by atoms with van der Waals surface area (Å²) in [5.74, 6) is 1.96. The van der Waals surface area contributed by atoms with Gasteiger partial charge in [-0.3, -0.25) is 9.53 Å². The molecule has 1 aromatic heterocycles. The van der Waals surface area contributed by atoms with Crippen molar-refractivity contribution in [1.29, 1.82) is 0 Å². The predicted octanol–water partition coefficient (Wildman–Crippen LogP) is 2.75. The zero-order chi connectivity index (χ0) is 16.2. The molecule has 1 saturated heterocycles. The molecule has 2 heterocycles. The minimum Gasteiger partial charge on any atom is -0.444 e. The molecular weight excluding hydrogens is 302 g/mol. The van der Waals surface area contributed by atoms with Crippen LogP contribution in [-0.4, -0.2) is 38.4 Å². The van der Waals surface area contributed by atoms with Gasteiger partial charge in [0.1, 0.15) is 11.4 Å². The highest BCUT2D eigenvalue weighted by Gasteiger charge is 2.18. The van der Waals surface area contributed by atoms with Gasteiger partial charge in [-0.1, -0.05) is 0 Å². The Hall–Kier alpha value is -1.63. The van der Waals surface area contributed by atoms with Gasteiger partial charge in [0.05, 0.1) is 11.9 Å². The highest BCUT2D eigenvalue weighted by Crippen LogP contribution is 2.17. The van der Waals surface area contributed by atoms with Crippen LogP contribution in [0.3, 0.4) is 0 Å². The zero-order valence-corrected chi connectivity index (χ0v) is 14.0. The zero-order valence-electron chi connectivity index (χ0n) is 13.2. The second kappa shape index (κ2) is 7.09. The van der Waals surface area contributed by atoms with E-state index in [0.717, 1.165) is 30.0 Å². The Labute approximate surface area is 133 Å². The van der Waals surface area contributed by atoms with Gasteiger partial charge in [-0.2, -0.15) is 0 Å². The molecular formula is C15H23N3O3S. The van der Waals surface area contributed by atoms with Crippen molar-refractivity contribution in [3.63, 3.8) is 0 Å². The SMILES string of the molecule is CC(C)(C)OC(=O)Nc1ccc(NC2CCS(=O)CC2)cn1. The fraction of sp³-hybridized carbons (Fsp3) is 0.600. The van der Waals surface area contributed by atoms with Crippen molar-refractivity contribution >= 4 is 28.4 Å². The average Bonchev–Trinajstić information content (AvgIpc) is 2.41. The highest BCUT2D eigenvalue weighted by atomic mass is 32.2. The standard InChI is InChI=1S/C15H23N3O3S/c1-15(2,3)21-14(19)18-13-5-4-12(10-16-13)17-11-6-8-22(20)9-7-11/h4-5,10-11,17H,6-9H2,1-3H3,(H,16,18,19). The van der Waals surface area contributed by atoms with Crippen LogP contribution >= 0.6 is 0 Å². The second-order valence-electron chi connectivity index (χ2n) is 6.33. The summed E-state index contributed by atoms with van der Waals surface area (Å²) in [6.45, 7) is 5.43. The molecule has 0 unspecified atom stereocenters. The number of aromatic nitrogens is 1. The van der Waals surface area contributed by atoms with E-state index in [1.807, 2.05) is 26.8 Å². The van der Waals surface area contributed by atoms with Crippen LogP contribution in [0.4, 0.5) is 16.3 Å². The molecule has 7 heteroatoms. The number of rotatable bonds is 3. The summed E-state index contributed by atoms with van der Waals surface area (Å²) in [6.07, 6.45) is 2.98. The van der Waals surface area contributed by atoms with E-state index in [1.165, 1.54) is 0 Å². The van der Waals surface area contributed by atoms with E-state index in [0.29, 0.717) is 11.9 Å². The van der Waals surface area contributed by atoms with E-state index in [1.54, 1.807) is 12.3 Å². The van der Waals surface area contributed by atoms with E-state index in [4.69, 9.17) is 4.74 Å². The Balaban J connectivity index is 1.85. The topological polar surface area (TPSA) is 80.3 Å². The number of carbonyl (C=O) groups is 1. The van der Waals surface area contributed by atoms with E-state index in [2.05, 4.69) is 15.6 Å². The van der Waals surface area contributed by atoms with E-state index < -0.39 is 22.5 Å². The number of nitrogens with zero attached hydrogens (tertiary/aromatic N) is 1. The van der Waals surface area contributed by atoms with Crippen LogP contribution in [0.5, 0.6) is 0 Å². The molecule has 1 aliphatic rings. The molecule has 0 spiro atoms. The third-order valence-corrected chi connectivity index (χ3v) is 4.53.